The number of carboxylic acids is 1. The SMILES string of the molecule is NC1CC[C@H](NCC(O)COc2ccc(Cl)c(F)c2)C1.O=C(O)C(F)(F)F. The lowest BCUT2D eigenvalue weighted by Crippen LogP contribution is -2.37. The van der Waals surface area contributed by atoms with Gasteiger partial charge in [-0.15, -0.1) is 0 Å². The molecule has 5 N–H and O–H groups in total. The van der Waals surface area contributed by atoms with E-state index >= 15 is 0 Å². The van der Waals surface area contributed by atoms with Crippen LogP contribution < -0.4 is 15.8 Å². The zero-order valence-electron chi connectivity index (χ0n) is 14.2. The van der Waals surface area contributed by atoms with Crippen molar-refractivity contribution in [3.05, 3.63) is 29.0 Å². The van der Waals surface area contributed by atoms with Crippen LogP contribution >= 0.6 is 11.6 Å². The number of hydrogen-bond acceptors (Lipinski definition) is 5. The molecule has 0 bridgehead atoms. The van der Waals surface area contributed by atoms with E-state index in [1.54, 1.807) is 6.07 Å². The minimum atomic E-state index is -5.08. The molecule has 0 heterocycles. The third-order valence-electron chi connectivity index (χ3n) is 3.69. The van der Waals surface area contributed by atoms with Gasteiger partial charge in [-0.3, -0.25) is 0 Å². The fourth-order valence-electron chi connectivity index (χ4n) is 2.32. The van der Waals surface area contributed by atoms with Crippen LogP contribution in [0.1, 0.15) is 19.3 Å². The molecule has 0 radical (unpaired) electrons. The Morgan fingerprint density at radius 2 is 2.04 bits per heavy atom. The van der Waals surface area contributed by atoms with Gasteiger partial charge in [-0.1, -0.05) is 11.6 Å². The van der Waals surface area contributed by atoms with Gasteiger partial charge in [0.2, 0.25) is 0 Å². The molecule has 27 heavy (non-hydrogen) atoms. The number of nitrogens with one attached hydrogen (secondary N) is 1. The zero-order valence-corrected chi connectivity index (χ0v) is 14.9. The van der Waals surface area contributed by atoms with Crippen LogP contribution in [0.15, 0.2) is 18.2 Å². The normalized spacial score (nSPS) is 20.6. The van der Waals surface area contributed by atoms with E-state index in [9.17, 15) is 22.7 Å². The van der Waals surface area contributed by atoms with Crippen molar-refractivity contribution in [1.82, 2.24) is 5.32 Å². The van der Waals surface area contributed by atoms with Crippen LogP contribution in [-0.4, -0.2) is 53.7 Å². The number of rotatable bonds is 6. The topological polar surface area (TPSA) is 105 Å². The fraction of sp³-hybridized carbons (Fsp3) is 0.562. The highest BCUT2D eigenvalue weighted by Crippen LogP contribution is 2.20. The molecule has 2 rings (SSSR count). The van der Waals surface area contributed by atoms with Crippen molar-refractivity contribution in [3.8, 4) is 5.75 Å². The van der Waals surface area contributed by atoms with Crippen LogP contribution in [0.5, 0.6) is 5.75 Å². The summed E-state index contributed by atoms with van der Waals surface area (Å²) in [6, 6.07) is 4.84. The number of carboxylic acid groups (broad SMARTS) is 1. The van der Waals surface area contributed by atoms with Gasteiger partial charge in [-0.2, -0.15) is 13.2 Å². The lowest BCUT2D eigenvalue weighted by atomic mass is 10.2. The van der Waals surface area contributed by atoms with Crippen LogP contribution in [-0.2, 0) is 4.79 Å². The number of carbonyl (C=O) groups is 1. The zero-order chi connectivity index (χ0) is 20.6. The van der Waals surface area contributed by atoms with E-state index in [0.717, 1.165) is 19.3 Å². The smallest absolute Gasteiger partial charge is 0.490 e. The molecule has 1 aromatic rings. The van der Waals surface area contributed by atoms with Crippen LogP contribution in [0.4, 0.5) is 17.6 Å². The van der Waals surface area contributed by atoms with Crippen LogP contribution in [0.25, 0.3) is 0 Å². The maximum absolute atomic E-state index is 13.2. The van der Waals surface area contributed by atoms with Crippen molar-refractivity contribution in [3.63, 3.8) is 0 Å². The Morgan fingerprint density at radius 3 is 2.52 bits per heavy atom. The van der Waals surface area contributed by atoms with Crippen molar-refractivity contribution in [1.29, 1.82) is 0 Å². The van der Waals surface area contributed by atoms with E-state index in [2.05, 4.69) is 5.32 Å². The van der Waals surface area contributed by atoms with Gasteiger partial charge in [0.05, 0.1) is 5.02 Å². The Kier molecular flexibility index (Phi) is 9.23. The molecule has 2 unspecified atom stereocenters. The van der Waals surface area contributed by atoms with Gasteiger partial charge in [0.25, 0.3) is 0 Å². The average Bonchev–Trinajstić information content (AvgIpc) is 2.99. The fourth-order valence-corrected chi connectivity index (χ4v) is 2.44. The number of aliphatic hydroxyl groups excluding tert-OH is 1. The maximum Gasteiger partial charge on any atom is 0.490 e. The minimum absolute atomic E-state index is 0.0529. The second-order valence-corrected chi connectivity index (χ2v) is 6.43. The molecule has 0 amide bonds. The number of aliphatic hydroxyl groups is 1. The first-order valence-corrected chi connectivity index (χ1v) is 8.41. The molecule has 0 aromatic heterocycles. The van der Waals surface area contributed by atoms with E-state index in [4.69, 9.17) is 32.0 Å². The molecule has 1 aliphatic carbocycles. The summed E-state index contributed by atoms with van der Waals surface area (Å²) in [5, 5.41) is 20.3. The predicted octanol–water partition coefficient (Wildman–Crippen LogP) is 2.32. The first-order valence-electron chi connectivity index (χ1n) is 8.04. The molecule has 6 nitrogen and oxygen atoms in total. The molecule has 0 saturated heterocycles. The van der Waals surface area contributed by atoms with Crippen molar-refractivity contribution in [2.24, 2.45) is 5.73 Å². The third kappa shape index (κ3) is 9.23. The van der Waals surface area contributed by atoms with E-state index in [-0.39, 0.29) is 17.7 Å². The number of aliphatic carboxylic acids is 1. The predicted molar refractivity (Wildman–Crippen MR) is 90.2 cm³/mol. The number of benzene rings is 1. The molecule has 154 valence electrons. The van der Waals surface area contributed by atoms with Gasteiger partial charge in [0.1, 0.15) is 24.3 Å². The molecular formula is C16H21ClF4N2O4. The maximum atomic E-state index is 13.2. The highest BCUT2D eigenvalue weighted by Gasteiger charge is 2.38. The Labute approximate surface area is 158 Å². The summed E-state index contributed by atoms with van der Waals surface area (Å²) < 4.78 is 50.3. The third-order valence-corrected chi connectivity index (χ3v) is 4.00. The van der Waals surface area contributed by atoms with Crippen molar-refractivity contribution < 1.29 is 37.3 Å². The lowest BCUT2D eigenvalue weighted by molar-refractivity contribution is -0.192. The average molecular weight is 417 g/mol. The summed E-state index contributed by atoms with van der Waals surface area (Å²) in [6.07, 6.45) is -2.73. The largest absolute Gasteiger partial charge is 0.491 e. The van der Waals surface area contributed by atoms with Gasteiger partial charge in [0, 0.05) is 24.7 Å². The summed E-state index contributed by atoms with van der Waals surface area (Å²) in [4.78, 5) is 8.90. The summed E-state index contributed by atoms with van der Waals surface area (Å²) in [5.41, 5.74) is 5.82. The number of alkyl halides is 3. The van der Waals surface area contributed by atoms with Crippen molar-refractivity contribution >= 4 is 17.6 Å². The number of nitrogens with two attached hydrogens (primary N) is 1. The van der Waals surface area contributed by atoms with Gasteiger partial charge < -0.3 is 26.0 Å². The summed E-state index contributed by atoms with van der Waals surface area (Å²) in [5.74, 6) is -2.93. The van der Waals surface area contributed by atoms with E-state index in [1.165, 1.54) is 12.1 Å². The van der Waals surface area contributed by atoms with Gasteiger partial charge in [-0.25, -0.2) is 9.18 Å². The molecule has 11 heteroatoms. The van der Waals surface area contributed by atoms with Crippen LogP contribution in [0.2, 0.25) is 5.02 Å². The van der Waals surface area contributed by atoms with E-state index in [0.29, 0.717) is 18.3 Å². The van der Waals surface area contributed by atoms with E-state index < -0.39 is 24.1 Å². The summed E-state index contributed by atoms with van der Waals surface area (Å²) in [6.45, 7) is 0.542. The number of halogens is 5. The number of ether oxygens (including phenoxy) is 1. The summed E-state index contributed by atoms with van der Waals surface area (Å²) >= 11 is 5.58. The molecular weight excluding hydrogens is 396 g/mol. The highest BCUT2D eigenvalue weighted by atomic mass is 35.5. The Morgan fingerprint density at radius 1 is 1.41 bits per heavy atom. The first kappa shape index (κ1) is 23.4. The standard InChI is InChI=1S/C14H20ClFN2O2.C2HF3O2/c15-13-4-3-12(6-14(13)16)20-8-11(19)7-18-10-2-1-9(17)5-10;3-2(4,5)1(6)7/h3-4,6,9-11,18-19H,1-2,5,7-8,17H2;(H,6,7)/t9?,10-,11?;/m0./s1. The van der Waals surface area contributed by atoms with Gasteiger partial charge >= 0.3 is 12.1 Å². The molecule has 1 aliphatic rings. The quantitative estimate of drug-likeness (QED) is 0.530. The Bertz CT molecular complexity index is 619. The Hall–Kier alpha value is -1.62. The minimum Gasteiger partial charge on any atom is -0.491 e. The molecule has 1 fully saturated rings. The monoisotopic (exact) mass is 416 g/mol. The molecule has 0 aliphatic heterocycles. The van der Waals surface area contributed by atoms with Gasteiger partial charge in [-0.05, 0) is 31.4 Å². The van der Waals surface area contributed by atoms with Crippen LogP contribution in [0, 0.1) is 5.82 Å². The second-order valence-electron chi connectivity index (χ2n) is 6.02. The first-order chi connectivity index (χ1) is 12.5. The lowest BCUT2D eigenvalue weighted by Gasteiger charge is -2.17. The molecule has 1 saturated carbocycles. The van der Waals surface area contributed by atoms with Crippen molar-refractivity contribution in [2.75, 3.05) is 13.2 Å². The molecule has 1 aromatic carbocycles. The molecule has 3 atom stereocenters. The Balaban J connectivity index is 0.000000445. The highest BCUT2D eigenvalue weighted by molar-refractivity contribution is 6.30. The van der Waals surface area contributed by atoms with Crippen molar-refractivity contribution in [2.45, 2.75) is 43.6 Å². The van der Waals surface area contributed by atoms with Gasteiger partial charge in [0.15, 0.2) is 0 Å². The second kappa shape index (κ2) is 10.6. The summed E-state index contributed by atoms with van der Waals surface area (Å²) in [7, 11) is 0. The number of hydrogen-bond donors (Lipinski definition) is 4. The van der Waals surface area contributed by atoms with Crippen LogP contribution in [0.3, 0.4) is 0 Å². The molecule has 0 spiro atoms. The van der Waals surface area contributed by atoms with E-state index in [1.807, 2.05) is 0 Å².